The summed E-state index contributed by atoms with van der Waals surface area (Å²) in [5.74, 6) is 1.31. The number of guanidine groups is 1. The standard InChI is InChI=1S/C22H29FN4O2.HI/c1-2-24-22(25-10-13-29-19-6-4-3-5-7-19)26-17-18-8-9-21(20(23)16-18)27-11-14-28-15-12-27;/h3-9,16H,2,10-15,17H2,1H3,(H2,24,25,26);1H. The molecule has 30 heavy (non-hydrogen) atoms. The smallest absolute Gasteiger partial charge is 0.191 e. The largest absolute Gasteiger partial charge is 0.492 e. The Morgan fingerprint density at radius 1 is 1.13 bits per heavy atom. The van der Waals surface area contributed by atoms with Gasteiger partial charge in [-0.1, -0.05) is 24.3 Å². The number of halogens is 2. The van der Waals surface area contributed by atoms with Crippen molar-refractivity contribution in [3.05, 3.63) is 59.9 Å². The summed E-state index contributed by atoms with van der Waals surface area (Å²) >= 11 is 0. The quantitative estimate of drug-likeness (QED) is 0.238. The Morgan fingerprint density at radius 3 is 2.60 bits per heavy atom. The second kappa shape index (κ2) is 13.3. The zero-order chi connectivity index (χ0) is 20.3. The fourth-order valence-corrected chi connectivity index (χ4v) is 3.08. The minimum Gasteiger partial charge on any atom is -0.492 e. The van der Waals surface area contributed by atoms with Gasteiger partial charge in [0.05, 0.1) is 32.0 Å². The van der Waals surface area contributed by atoms with E-state index in [1.807, 2.05) is 54.3 Å². The Bertz CT molecular complexity index is 786. The van der Waals surface area contributed by atoms with Crippen LogP contribution in [0.25, 0.3) is 0 Å². The number of ether oxygens (including phenoxy) is 2. The van der Waals surface area contributed by atoms with Gasteiger partial charge in [-0.05, 0) is 36.8 Å². The van der Waals surface area contributed by atoms with Crippen LogP contribution in [0.1, 0.15) is 12.5 Å². The van der Waals surface area contributed by atoms with Gasteiger partial charge in [-0.15, -0.1) is 24.0 Å². The molecule has 0 bridgehead atoms. The molecule has 3 rings (SSSR count). The van der Waals surface area contributed by atoms with Crippen LogP contribution in [0.2, 0.25) is 0 Å². The lowest BCUT2D eigenvalue weighted by atomic mass is 10.1. The number of anilines is 1. The Balaban J connectivity index is 0.00000320. The zero-order valence-electron chi connectivity index (χ0n) is 17.3. The van der Waals surface area contributed by atoms with Crippen LogP contribution >= 0.6 is 24.0 Å². The van der Waals surface area contributed by atoms with Gasteiger partial charge in [0, 0.05) is 19.6 Å². The van der Waals surface area contributed by atoms with Crippen molar-refractivity contribution in [2.24, 2.45) is 4.99 Å². The molecule has 1 aliphatic heterocycles. The van der Waals surface area contributed by atoms with Crippen molar-refractivity contribution in [1.82, 2.24) is 10.6 Å². The minimum absolute atomic E-state index is 0. The first kappa shape index (κ1) is 24.2. The average Bonchev–Trinajstić information content (AvgIpc) is 2.76. The van der Waals surface area contributed by atoms with Gasteiger partial charge in [0.2, 0.25) is 0 Å². The number of para-hydroxylation sites is 1. The molecule has 0 radical (unpaired) electrons. The summed E-state index contributed by atoms with van der Waals surface area (Å²) in [5, 5.41) is 6.43. The van der Waals surface area contributed by atoms with Crippen molar-refractivity contribution in [3.63, 3.8) is 0 Å². The third-order valence-corrected chi connectivity index (χ3v) is 4.53. The molecule has 1 saturated heterocycles. The van der Waals surface area contributed by atoms with Gasteiger partial charge in [0.25, 0.3) is 0 Å². The molecule has 6 nitrogen and oxygen atoms in total. The van der Waals surface area contributed by atoms with Crippen LogP contribution in [0.5, 0.6) is 5.75 Å². The van der Waals surface area contributed by atoms with Crippen LogP contribution in [-0.2, 0) is 11.3 Å². The van der Waals surface area contributed by atoms with Crippen molar-refractivity contribution in [2.75, 3.05) is 50.9 Å². The summed E-state index contributed by atoms with van der Waals surface area (Å²) < 4.78 is 25.5. The lowest BCUT2D eigenvalue weighted by Crippen LogP contribution is -2.39. The third-order valence-electron chi connectivity index (χ3n) is 4.53. The summed E-state index contributed by atoms with van der Waals surface area (Å²) in [7, 11) is 0. The van der Waals surface area contributed by atoms with Crippen LogP contribution in [0.3, 0.4) is 0 Å². The first-order valence-corrected chi connectivity index (χ1v) is 10.1. The normalized spacial score (nSPS) is 14.1. The Kier molecular flexibility index (Phi) is 10.7. The average molecular weight is 528 g/mol. The van der Waals surface area contributed by atoms with Crippen LogP contribution in [0.15, 0.2) is 53.5 Å². The fraction of sp³-hybridized carbons (Fsp3) is 0.409. The van der Waals surface area contributed by atoms with Gasteiger partial charge in [0.1, 0.15) is 18.2 Å². The molecule has 2 N–H and O–H groups in total. The van der Waals surface area contributed by atoms with Crippen molar-refractivity contribution >= 4 is 35.6 Å². The molecule has 164 valence electrons. The fourth-order valence-electron chi connectivity index (χ4n) is 3.08. The van der Waals surface area contributed by atoms with Crippen LogP contribution in [-0.4, -0.2) is 52.0 Å². The summed E-state index contributed by atoms with van der Waals surface area (Å²) in [5.41, 5.74) is 1.46. The van der Waals surface area contributed by atoms with Crippen LogP contribution < -0.4 is 20.3 Å². The lowest BCUT2D eigenvalue weighted by molar-refractivity contribution is 0.122. The van der Waals surface area contributed by atoms with Gasteiger partial charge >= 0.3 is 0 Å². The van der Waals surface area contributed by atoms with Gasteiger partial charge < -0.3 is 25.0 Å². The van der Waals surface area contributed by atoms with E-state index in [9.17, 15) is 4.39 Å². The highest BCUT2D eigenvalue weighted by Crippen LogP contribution is 2.22. The molecule has 0 aromatic heterocycles. The van der Waals surface area contributed by atoms with E-state index in [1.165, 1.54) is 0 Å². The SMILES string of the molecule is CCNC(=NCc1ccc(N2CCOCC2)c(F)c1)NCCOc1ccccc1.I. The second-order valence-electron chi connectivity index (χ2n) is 6.67. The minimum atomic E-state index is -0.214. The maximum absolute atomic E-state index is 14.5. The summed E-state index contributed by atoms with van der Waals surface area (Å²) in [6.45, 7) is 7.00. The molecule has 0 saturated carbocycles. The monoisotopic (exact) mass is 528 g/mol. The topological polar surface area (TPSA) is 58.1 Å². The number of benzene rings is 2. The molecule has 1 fully saturated rings. The number of morpholine rings is 1. The first-order chi connectivity index (χ1) is 14.3. The number of rotatable bonds is 8. The molecule has 2 aromatic carbocycles. The van der Waals surface area contributed by atoms with Crippen molar-refractivity contribution in [2.45, 2.75) is 13.5 Å². The van der Waals surface area contributed by atoms with Crippen molar-refractivity contribution in [3.8, 4) is 5.75 Å². The number of aliphatic imine (C=N–C) groups is 1. The number of hydrogen-bond acceptors (Lipinski definition) is 4. The predicted molar refractivity (Wildman–Crippen MR) is 130 cm³/mol. The van der Waals surface area contributed by atoms with Crippen LogP contribution in [0.4, 0.5) is 10.1 Å². The molecule has 0 unspecified atom stereocenters. The maximum atomic E-state index is 14.5. The summed E-state index contributed by atoms with van der Waals surface area (Å²) in [4.78, 5) is 6.57. The summed E-state index contributed by atoms with van der Waals surface area (Å²) in [6, 6.07) is 15.0. The van der Waals surface area contributed by atoms with Gasteiger partial charge in [-0.3, -0.25) is 0 Å². The third kappa shape index (κ3) is 7.64. The lowest BCUT2D eigenvalue weighted by Gasteiger charge is -2.29. The Hall–Kier alpha value is -2.07. The molecular weight excluding hydrogens is 498 g/mol. The molecular formula is C22H30FIN4O2. The van der Waals surface area contributed by atoms with E-state index in [4.69, 9.17) is 9.47 Å². The molecule has 0 amide bonds. The molecule has 0 spiro atoms. The van der Waals surface area contributed by atoms with Gasteiger partial charge in [-0.25, -0.2) is 9.38 Å². The highest BCUT2D eigenvalue weighted by Gasteiger charge is 2.15. The highest BCUT2D eigenvalue weighted by atomic mass is 127. The highest BCUT2D eigenvalue weighted by molar-refractivity contribution is 14.0. The molecule has 8 heteroatoms. The molecule has 1 heterocycles. The van der Waals surface area contributed by atoms with Crippen molar-refractivity contribution < 1.29 is 13.9 Å². The van der Waals surface area contributed by atoms with Gasteiger partial charge in [-0.2, -0.15) is 0 Å². The van der Waals surface area contributed by atoms with Crippen LogP contribution in [0, 0.1) is 5.82 Å². The van der Waals surface area contributed by atoms with Crippen molar-refractivity contribution in [1.29, 1.82) is 0 Å². The van der Waals surface area contributed by atoms with E-state index in [1.54, 1.807) is 6.07 Å². The molecule has 2 aromatic rings. The molecule has 1 aliphatic rings. The first-order valence-electron chi connectivity index (χ1n) is 10.1. The van der Waals surface area contributed by atoms with E-state index in [0.29, 0.717) is 57.6 Å². The number of nitrogens with one attached hydrogen (secondary N) is 2. The van der Waals surface area contributed by atoms with E-state index in [2.05, 4.69) is 15.6 Å². The van der Waals surface area contributed by atoms with Gasteiger partial charge in [0.15, 0.2) is 5.96 Å². The number of nitrogens with zero attached hydrogens (tertiary/aromatic N) is 2. The number of hydrogen-bond donors (Lipinski definition) is 2. The van der Waals surface area contributed by atoms with E-state index >= 15 is 0 Å². The van der Waals surface area contributed by atoms with E-state index < -0.39 is 0 Å². The van der Waals surface area contributed by atoms with E-state index in [0.717, 1.165) is 17.9 Å². The maximum Gasteiger partial charge on any atom is 0.191 e. The summed E-state index contributed by atoms with van der Waals surface area (Å²) in [6.07, 6.45) is 0. The predicted octanol–water partition coefficient (Wildman–Crippen LogP) is 3.41. The molecule has 0 aliphatic carbocycles. The zero-order valence-corrected chi connectivity index (χ0v) is 19.6. The second-order valence-corrected chi connectivity index (χ2v) is 6.67. The Labute approximate surface area is 194 Å². The van der Waals surface area contributed by atoms with E-state index in [-0.39, 0.29) is 29.8 Å². The molecule has 0 atom stereocenters. The Morgan fingerprint density at radius 2 is 1.90 bits per heavy atom.